The summed E-state index contributed by atoms with van der Waals surface area (Å²) in [5.74, 6) is 0.240. The minimum absolute atomic E-state index is 0.188. The van der Waals surface area contributed by atoms with E-state index in [1.807, 2.05) is 18.2 Å². The number of anilines is 1. The van der Waals surface area contributed by atoms with Crippen molar-refractivity contribution in [2.45, 2.75) is 19.8 Å². The zero-order valence-electron chi connectivity index (χ0n) is 11.0. The van der Waals surface area contributed by atoms with Crippen molar-refractivity contribution in [2.24, 2.45) is 0 Å². The lowest BCUT2D eigenvalue weighted by atomic mass is 10.0. The predicted octanol–water partition coefficient (Wildman–Crippen LogP) is 4.72. The van der Waals surface area contributed by atoms with Gasteiger partial charge in [0.25, 0.3) is 5.91 Å². The number of rotatable bonds is 3. The molecule has 0 aliphatic rings. The Hall–Kier alpha value is -1.80. The van der Waals surface area contributed by atoms with Gasteiger partial charge in [0.05, 0.1) is 10.6 Å². The Morgan fingerprint density at radius 1 is 1.11 bits per heavy atom. The summed E-state index contributed by atoms with van der Waals surface area (Å²) in [5, 5.41) is 3.33. The summed E-state index contributed by atoms with van der Waals surface area (Å²) in [4.78, 5) is 12.1. The Bertz CT molecular complexity index is 593. The molecule has 0 radical (unpaired) electrons. The molecule has 0 spiro atoms. The first-order chi connectivity index (χ1) is 9.08. The van der Waals surface area contributed by atoms with Crippen molar-refractivity contribution in [3.05, 3.63) is 64.7 Å². The number of nitrogens with one attached hydrogen (secondary N) is 1. The highest BCUT2D eigenvalue weighted by Crippen LogP contribution is 2.20. The Kier molecular flexibility index (Phi) is 4.23. The molecule has 0 saturated heterocycles. The molecule has 0 atom stereocenters. The number of halogens is 1. The molecule has 0 saturated carbocycles. The topological polar surface area (TPSA) is 29.1 Å². The maximum Gasteiger partial charge on any atom is 0.257 e. The van der Waals surface area contributed by atoms with E-state index in [-0.39, 0.29) is 5.91 Å². The minimum atomic E-state index is -0.188. The molecule has 2 rings (SSSR count). The van der Waals surface area contributed by atoms with Crippen LogP contribution in [0.3, 0.4) is 0 Å². The van der Waals surface area contributed by atoms with Gasteiger partial charge in [0, 0.05) is 5.69 Å². The molecule has 2 nitrogen and oxygen atoms in total. The van der Waals surface area contributed by atoms with Gasteiger partial charge in [0.15, 0.2) is 0 Å². The second-order valence-electron chi connectivity index (χ2n) is 4.71. The largest absolute Gasteiger partial charge is 0.322 e. The molecule has 3 heteroatoms. The Morgan fingerprint density at radius 2 is 1.84 bits per heavy atom. The summed E-state index contributed by atoms with van der Waals surface area (Å²) in [7, 11) is 0. The van der Waals surface area contributed by atoms with Crippen LogP contribution in [-0.2, 0) is 0 Å². The highest BCUT2D eigenvalue weighted by atomic mass is 35.5. The predicted molar refractivity (Wildman–Crippen MR) is 79.9 cm³/mol. The number of carbonyl (C=O) groups excluding carboxylic acids is 1. The zero-order chi connectivity index (χ0) is 13.8. The molecule has 0 unspecified atom stereocenters. The lowest BCUT2D eigenvalue weighted by molar-refractivity contribution is 0.102. The van der Waals surface area contributed by atoms with Crippen LogP contribution in [0.4, 0.5) is 5.69 Å². The first kappa shape index (κ1) is 13.6. The van der Waals surface area contributed by atoms with E-state index >= 15 is 0 Å². The van der Waals surface area contributed by atoms with Crippen molar-refractivity contribution in [1.82, 2.24) is 0 Å². The van der Waals surface area contributed by atoms with Gasteiger partial charge in [-0.2, -0.15) is 0 Å². The van der Waals surface area contributed by atoms with Crippen LogP contribution in [0.15, 0.2) is 48.5 Å². The number of hydrogen-bond donors (Lipinski definition) is 1. The van der Waals surface area contributed by atoms with Crippen molar-refractivity contribution in [2.75, 3.05) is 5.32 Å². The molecule has 1 N–H and O–H groups in total. The quantitative estimate of drug-likeness (QED) is 0.862. The van der Waals surface area contributed by atoms with Crippen LogP contribution in [0.2, 0.25) is 5.02 Å². The highest BCUT2D eigenvalue weighted by Gasteiger charge is 2.10. The number of carbonyl (C=O) groups is 1. The van der Waals surface area contributed by atoms with Crippen LogP contribution in [0, 0.1) is 0 Å². The van der Waals surface area contributed by atoms with Crippen molar-refractivity contribution in [3.8, 4) is 0 Å². The first-order valence-corrected chi connectivity index (χ1v) is 6.61. The fourth-order valence-electron chi connectivity index (χ4n) is 1.82. The maximum atomic E-state index is 12.1. The third kappa shape index (κ3) is 3.36. The SMILES string of the molecule is CC(C)c1cccc(NC(=O)c2ccccc2Cl)c1. The molecule has 0 aliphatic heterocycles. The van der Waals surface area contributed by atoms with Gasteiger partial charge in [-0.25, -0.2) is 0 Å². The lowest BCUT2D eigenvalue weighted by Gasteiger charge is -2.10. The third-order valence-electron chi connectivity index (χ3n) is 2.93. The van der Waals surface area contributed by atoms with Gasteiger partial charge in [0.2, 0.25) is 0 Å². The molecule has 98 valence electrons. The maximum absolute atomic E-state index is 12.1. The summed E-state index contributed by atoms with van der Waals surface area (Å²) in [6, 6.07) is 14.9. The van der Waals surface area contributed by atoms with E-state index in [1.54, 1.807) is 24.3 Å². The van der Waals surface area contributed by atoms with E-state index in [0.29, 0.717) is 16.5 Å². The van der Waals surface area contributed by atoms with Crippen LogP contribution in [0.5, 0.6) is 0 Å². The van der Waals surface area contributed by atoms with E-state index < -0.39 is 0 Å². The summed E-state index contributed by atoms with van der Waals surface area (Å²) in [5.41, 5.74) is 2.46. The molecular weight excluding hydrogens is 258 g/mol. The second-order valence-corrected chi connectivity index (χ2v) is 5.12. The van der Waals surface area contributed by atoms with Crippen molar-refractivity contribution < 1.29 is 4.79 Å². The van der Waals surface area contributed by atoms with Gasteiger partial charge in [-0.3, -0.25) is 4.79 Å². The molecule has 0 aliphatic carbocycles. The van der Waals surface area contributed by atoms with E-state index in [9.17, 15) is 4.79 Å². The highest BCUT2D eigenvalue weighted by molar-refractivity contribution is 6.34. The minimum Gasteiger partial charge on any atom is -0.322 e. The average molecular weight is 274 g/mol. The summed E-state index contributed by atoms with van der Waals surface area (Å²) in [6.45, 7) is 4.24. The van der Waals surface area contributed by atoms with Crippen LogP contribution in [0.25, 0.3) is 0 Å². The lowest BCUT2D eigenvalue weighted by Crippen LogP contribution is -2.12. The van der Waals surface area contributed by atoms with Crippen molar-refractivity contribution >= 4 is 23.2 Å². The van der Waals surface area contributed by atoms with Gasteiger partial charge in [-0.05, 0) is 35.7 Å². The fourth-order valence-corrected chi connectivity index (χ4v) is 2.04. The fraction of sp³-hybridized carbons (Fsp3) is 0.188. The van der Waals surface area contributed by atoms with Crippen molar-refractivity contribution in [1.29, 1.82) is 0 Å². The standard InChI is InChI=1S/C16H16ClNO/c1-11(2)12-6-5-7-13(10-12)18-16(19)14-8-3-4-9-15(14)17/h3-11H,1-2H3,(H,18,19). The molecule has 0 bridgehead atoms. The van der Waals surface area contributed by atoms with Crippen LogP contribution in [-0.4, -0.2) is 5.91 Å². The van der Waals surface area contributed by atoms with Gasteiger partial charge < -0.3 is 5.32 Å². The van der Waals surface area contributed by atoms with Gasteiger partial charge >= 0.3 is 0 Å². The third-order valence-corrected chi connectivity index (χ3v) is 3.26. The van der Waals surface area contributed by atoms with Crippen LogP contribution in [0.1, 0.15) is 35.7 Å². The molecule has 19 heavy (non-hydrogen) atoms. The van der Waals surface area contributed by atoms with Crippen LogP contribution >= 0.6 is 11.6 Å². The first-order valence-electron chi connectivity index (χ1n) is 6.24. The smallest absolute Gasteiger partial charge is 0.257 e. The number of benzene rings is 2. The van der Waals surface area contributed by atoms with E-state index in [1.165, 1.54) is 5.56 Å². The molecule has 0 aromatic heterocycles. The number of amides is 1. The van der Waals surface area contributed by atoms with Gasteiger partial charge in [0.1, 0.15) is 0 Å². The van der Waals surface area contributed by atoms with E-state index in [0.717, 1.165) is 5.69 Å². The van der Waals surface area contributed by atoms with Crippen molar-refractivity contribution in [3.63, 3.8) is 0 Å². The normalized spacial score (nSPS) is 10.5. The number of hydrogen-bond acceptors (Lipinski definition) is 1. The summed E-state index contributed by atoms with van der Waals surface area (Å²) < 4.78 is 0. The second kappa shape index (κ2) is 5.89. The molecule has 2 aromatic carbocycles. The average Bonchev–Trinajstić information content (AvgIpc) is 2.39. The monoisotopic (exact) mass is 273 g/mol. The molecule has 0 heterocycles. The summed E-state index contributed by atoms with van der Waals surface area (Å²) in [6.07, 6.45) is 0. The Labute approximate surface area is 118 Å². The van der Waals surface area contributed by atoms with E-state index in [4.69, 9.17) is 11.6 Å². The van der Waals surface area contributed by atoms with Gasteiger partial charge in [-0.1, -0.05) is 49.7 Å². The van der Waals surface area contributed by atoms with E-state index in [2.05, 4.69) is 25.2 Å². The summed E-state index contributed by atoms with van der Waals surface area (Å²) >= 11 is 6.01. The zero-order valence-corrected chi connectivity index (χ0v) is 11.7. The molecular formula is C16H16ClNO. The van der Waals surface area contributed by atoms with Crippen LogP contribution < -0.4 is 5.32 Å². The Morgan fingerprint density at radius 3 is 2.53 bits per heavy atom. The van der Waals surface area contributed by atoms with Gasteiger partial charge in [-0.15, -0.1) is 0 Å². The molecule has 0 fully saturated rings. The molecule has 2 aromatic rings. The Balaban J connectivity index is 2.20. The molecule has 1 amide bonds.